The summed E-state index contributed by atoms with van der Waals surface area (Å²) in [6.45, 7) is 0. The fraction of sp³-hybridized carbons (Fsp3) is 0.0526. The minimum Gasteiger partial charge on any atom is -0.480 e. The van der Waals surface area contributed by atoms with Crippen molar-refractivity contribution in [3.63, 3.8) is 0 Å². The molecule has 2 heterocycles. The number of anilines is 1. The maximum atomic E-state index is 13.9. The third-order valence-corrected chi connectivity index (χ3v) is 7.77. The SMILES string of the molecule is COc1nc(-c2ccc([N+]#Cc3c(-c4ccc(F)cc4)cc(-c4ccccc4[N+](=O)[O-])nc3OC)cc2N)cc(-c2ccc(F)cc2)c1C#N. The first-order valence-electron chi connectivity index (χ1n) is 14.9. The lowest BCUT2D eigenvalue weighted by molar-refractivity contribution is -0.384. The Morgan fingerprint density at radius 2 is 1.28 bits per heavy atom. The molecule has 0 amide bonds. The monoisotopic (exact) mass is 667 g/mol. The number of nitro groups is 1. The average molecular weight is 668 g/mol. The molecule has 6 aromatic rings. The molecule has 0 unspecified atom stereocenters. The van der Waals surface area contributed by atoms with Crippen LogP contribution < -0.4 is 15.2 Å². The number of rotatable bonds is 7. The van der Waals surface area contributed by atoms with Crippen LogP contribution in [0.4, 0.5) is 25.8 Å². The van der Waals surface area contributed by atoms with Crippen molar-refractivity contribution in [3.05, 3.63) is 141 Å². The van der Waals surface area contributed by atoms with Crippen molar-refractivity contribution in [2.24, 2.45) is 0 Å². The van der Waals surface area contributed by atoms with Crippen LogP contribution >= 0.6 is 0 Å². The quantitative estimate of drug-likeness (QED) is 0.101. The van der Waals surface area contributed by atoms with Crippen LogP contribution in [0.3, 0.4) is 0 Å². The van der Waals surface area contributed by atoms with Crippen molar-refractivity contribution in [2.75, 3.05) is 20.0 Å². The molecule has 0 atom stereocenters. The molecule has 0 aliphatic carbocycles. The lowest BCUT2D eigenvalue weighted by Gasteiger charge is -2.12. The summed E-state index contributed by atoms with van der Waals surface area (Å²) in [6, 6.07) is 31.0. The van der Waals surface area contributed by atoms with Gasteiger partial charge in [-0.25, -0.2) is 18.7 Å². The molecule has 0 radical (unpaired) electrons. The summed E-state index contributed by atoms with van der Waals surface area (Å²) in [4.78, 5) is 24.9. The van der Waals surface area contributed by atoms with Crippen LogP contribution in [0.25, 0.3) is 49.6 Å². The van der Waals surface area contributed by atoms with Crippen molar-refractivity contribution in [1.29, 1.82) is 5.26 Å². The molecule has 0 aliphatic heterocycles. The topological polar surface area (TPSA) is 142 Å². The van der Waals surface area contributed by atoms with Gasteiger partial charge in [-0.05, 0) is 64.5 Å². The Morgan fingerprint density at radius 3 is 1.82 bits per heavy atom. The highest BCUT2D eigenvalue weighted by Crippen LogP contribution is 2.38. The van der Waals surface area contributed by atoms with Gasteiger partial charge in [-0.2, -0.15) is 5.26 Å². The molecule has 10 nitrogen and oxygen atoms in total. The van der Waals surface area contributed by atoms with Crippen LogP contribution in [-0.4, -0.2) is 29.1 Å². The van der Waals surface area contributed by atoms with Gasteiger partial charge >= 0.3 is 11.8 Å². The van der Waals surface area contributed by atoms with Crippen LogP contribution in [0, 0.1) is 39.1 Å². The lowest BCUT2D eigenvalue weighted by atomic mass is 9.98. The van der Waals surface area contributed by atoms with Crippen LogP contribution in [0.1, 0.15) is 11.1 Å². The number of hydrogen-bond donors (Lipinski definition) is 1. The van der Waals surface area contributed by atoms with Crippen LogP contribution in [0.5, 0.6) is 11.8 Å². The smallest absolute Gasteiger partial charge is 0.342 e. The number of methoxy groups -OCH3 is 2. The zero-order valence-corrected chi connectivity index (χ0v) is 26.5. The highest BCUT2D eigenvalue weighted by molar-refractivity contribution is 5.84. The van der Waals surface area contributed by atoms with E-state index in [1.54, 1.807) is 72.8 Å². The third-order valence-electron chi connectivity index (χ3n) is 7.77. The van der Waals surface area contributed by atoms with Gasteiger partial charge in [0.2, 0.25) is 11.8 Å². The second-order valence-electron chi connectivity index (χ2n) is 10.8. The number of pyridine rings is 2. The van der Waals surface area contributed by atoms with E-state index in [2.05, 4.69) is 27.0 Å². The summed E-state index contributed by atoms with van der Waals surface area (Å²) < 4.78 is 38.6. The molecular weight excluding hydrogens is 642 g/mol. The first-order chi connectivity index (χ1) is 24.2. The van der Waals surface area contributed by atoms with Gasteiger partial charge in [-0.15, -0.1) is 0 Å². The van der Waals surface area contributed by atoms with E-state index in [0.717, 1.165) is 0 Å². The molecule has 50 heavy (non-hydrogen) atoms. The van der Waals surface area contributed by atoms with Gasteiger partial charge in [0, 0.05) is 34.5 Å². The number of nitrogen functional groups attached to an aromatic ring is 1. The zero-order valence-electron chi connectivity index (χ0n) is 26.5. The van der Waals surface area contributed by atoms with Crippen molar-refractivity contribution in [3.8, 4) is 68.7 Å². The van der Waals surface area contributed by atoms with Crippen molar-refractivity contribution in [1.82, 2.24) is 9.97 Å². The minimum atomic E-state index is -0.496. The summed E-state index contributed by atoms with van der Waals surface area (Å²) in [5.41, 5.74) is 11.1. The maximum Gasteiger partial charge on any atom is 0.342 e. The lowest BCUT2D eigenvalue weighted by Crippen LogP contribution is -2.00. The molecule has 0 aliphatic rings. The van der Waals surface area contributed by atoms with Gasteiger partial charge in [-0.3, -0.25) is 10.1 Å². The van der Waals surface area contributed by atoms with Crippen molar-refractivity contribution in [2.45, 2.75) is 0 Å². The minimum absolute atomic E-state index is 0.0792. The largest absolute Gasteiger partial charge is 0.480 e. The number of nitriles is 1. The number of nitrogens with zero attached hydrogens (tertiary/aromatic N) is 5. The van der Waals surface area contributed by atoms with Gasteiger partial charge in [-0.1, -0.05) is 36.4 Å². The molecule has 6 rings (SSSR count). The first kappa shape index (κ1) is 32.7. The Kier molecular flexibility index (Phi) is 9.10. The van der Waals surface area contributed by atoms with E-state index in [-0.39, 0.29) is 34.3 Å². The van der Waals surface area contributed by atoms with E-state index in [0.29, 0.717) is 50.4 Å². The Labute approximate surface area is 284 Å². The number of nitrogens with two attached hydrogens (primary N) is 1. The predicted molar refractivity (Wildman–Crippen MR) is 185 cm³/mol. The van der Waals surface area contributed by atoms with Gasteiger partial charge in [0.1, 0.15) is 23.3 Å². The Morgan fingerprint density at radius 1 is 0.740 bits per heavy atom. The second kappa shape index (κ2) is 13.9. The van der Waals surface area contributed by atoms with E-state index >= 15 is 0 Å². The van der Waals surface area contributed by atoms with Crippen molar-refractivity contribution >= 4 is 17.1 Å². The molecular formula is C38H25F2N6O4+. The van der Waals surface area contributed by atoms with Crippen LogP contribution in [-0.2, 0) is 0 Å². The number of halogens is 2. The fourth-order valence-electron chi connectivity index (χ4n) is 5.37. The number of para-hydroxylation sites is 1. The second-order valence-corrected chi connectivity index (χ2v) is 10.8. The number of ether oxygens (including phenoxy) is 2. The summed E-state index contributed by atoms with van der Waals surface area (Å²) in [7, 11) is 2.80. The summed E-state index contributed by atoms with van der Waals surface area (Å²) in [5.74, 6) is -0.700. The molecule has 0 fully saturated rings. The third kappa shape index (κ3) is 6.50. The van der Waals surface area contributed by atoms with Gasteiger partial charge in [0.15, 0.2) is 5.56 Å². The zero-order chi connectivity index (χ0) is 35.4. The molecule has 2 N–H and O–H groups in total. The van der Waals surface area contributed by atoms with Crippen molar-refractivity contribution < 1.29 is 23.2 Å². The Bertz CT molecular complexity index is 2380. The number of aromatic nitrogens is 2. The van der Waals surface area contributed by atoms with Gasteiger partial charge in [0.25, 0.3) is 5.69 Å². The highest BCUT2D eigenvalue weighted by Gasteiger charge is 2.24. The van der Waals surface area contributed by atoms with E-state index in [9.17, 15) is 24.2 Å². The molecule has 0 saturated carbocycles. The Balaban J connectivity index is 1.45. The number of hydrogen-bond acceptors (Lipinski definition) is 8. The van der Waals surface area contributed by atoms with E-state index in [1.807, 2.05) is 0 Å². The van der Waals surface area contributed by atoms with Gasteiger partial charge in [0.05, 0.1) is 42.2 Å². The molecule has 0 spiro atoms. The molecule has 244 valence electrons. The first-order valence-corrected chi connectivity index (χ1v) is 14.9. The Hall–Kier alpha value is -7.18. The number of nitro benzene ring substituents is 1. The molecule has 0 saturated heterocycles. The highest BCUT2D eigenvalue weighted by atomic mass is 19.1. The van der Waals surface area contributed by atoms with E-state index < -0.39 is 16.6 Å². The molecule has 2 aromatic heterocycles. The molecule has 4 aromatic carbocycles. The standard InChI is InChI=1S/C38H25F2N6O4/c1-49-37-31(20-41)29(22-7-11-24(39)12-8-22)18-34(44-37)27-16-15-26(17-33(27)42)43-21-32-30(23-9-13-25(40)14-10-23)19-35(45-38(32)50-2)28-5-3-4-6-36(28)46(47)48/h3-19H,42H2,1-2H3/q+1. The van der Waals surface area contributed by atoms with E-state index in [4.69, 9.17) is 15.2 Å². The summed E-state index contributed by atoms with van der Waals surface area (Å²) in [6.07, 6.45) is 0. The summed E-state index contributed by atoms with van der Waals surface area (Å²) >= 11 is 0. The van der Waals surface area contributed by atoms with E-state index in [1.165, 1.54) is 44.6 Å². The van der Waals surface area contributed by atoms with Crippen LogP contribution in [0.15, 0.2) is 103 Å². The summed E-state index contributed by atoms with van der Waals surface area (Å²) in [5, 5.41) is 21.7. The number of benzene rings is 4. The normalized spacial score (nSPS) is 10.5. The molecule has 12 heteroatoms. The van der Waals surface area contributed by atoms with Gasteiger partial charge < -0.3 is 15.2 Å². The average Bonchev–Trinajstić information content (AvgIpc) is 3.13. The predicted octanol–water partition coefficient (Wildman–Crippen LogP) is 8.81. The molecule has 0 bridgehead atoms. The maximum absolute atomic E-state index is 13.9. The van der Waals surface area contributed by atoms with Crippen LogP contribution in [0.2, 0.25) is 0 Å². The fourth-order valence-corrected chi connectivity index (χ4v) is 5.37.